The molecule has 172 valence electrons. The van der Waals surface area contributed by atoms with Gasteiger partial charge in [-0.2, -0.15) is 0 Å². The van der Waals surface area contributed by atoms with Crippen LogP contribution >= 0.6 is 12.2 Å². The maximum atomic E-state index is 14.8. The number of methoxy groups -OCH3 is 2. The highest BCUT2D eigenvalue weighted by molar-refractivity contribution is 7.80. The smallest absolute Gasteiger partial charge is 0.270 e. The molecule has 9 heteroatoms. The molecule has 2 aromatic rings. The van der Waals surface area contributed by atoms with Gasteiger partial charge in [0.2, 0.25) is 0 Å². The molecule has 33 heavy (non-hydrogen) atoms. The third kappa shape index (κ3) is 4.54. The van der Waals surface area contributed by atoms with Crippen molar-refractivity contribution in [2.24, 2.45) is 0 Å². The van der Waals surface area contributed by atoms with Gasteiger partial charge in [-0.25, -0.2) is 9.29 Å². The highest BCUT2D eigenvalue weighted by Crippen LogP contribution is 2.34. The van der Waals surface area contributed by atoms with Crippen LogP contribution in [0.25, 0.3) is 6.08 Å². The van der Waals surface area contributed by atoms with Gasteiger partial charge in [0.1, 0.15) is 22.9 Å². The van der Waals surface area contributed by atoms with Crippen molar-refractivity contribution in [1.29, 1.82) is 0 Å². The van der Waals surface area contributed by atoms with Crippen molar-refractivity contribution < 1.29 is 23.5 Å². The van der Waals surface area contributed by atoms with Gasteiger partial charge in [-0.3, -0.25) is 14.9 Å². The third-order valence-corrected chi connectivity index (χ3v) is 5.99. The summed E-state index contributed by atoms with van der Waals surface area (Å²) in [6.45, 7) is 1.63. The summed E-state index contributed by atoms with van der Waals surface area (Å²) in [5, 5.41) is 2.45. The number of benzene rings is 2. The molecule has 0 atom stereocenters. The first kappa shape index (κ1) is 22.7. The molecular formula is C24H24FN3O4S. The maximum absolute atomic E-state index is 14.8. The summed E-state index contributed by atoms with van der Waals surface area (Å²) in [5.41, 5.74) is 1.13. The average molecular weight is 470 g/mol. The van der Waals surface area contributed by atoms with Crippen molar-refractivity contribution in [3.63, 3.8) is 0 Å². The lowest BCUT2D eigenvalue weighted by molar-refractivity contribution is -0.122. The number of anilines is 2. The summed E-state index contributed by atoms with van der Waals surface area (Å²) in [4.78, 5) is 29.1. The first-order valence-electron chi connectivity index (χ1n) is 10.6. The van der Waals surface area contributed by atoms with Crippen LogP contribution < -0.4 is 24.6 Å². The zero-order valence-electron chi connectivity index (χ0n) is 18.4. The molecule has 2 aliphatic heterocycles. The van der Waals surface area contributed by atoms with Gasteiger partial charge in [0.05, 0.1) is 25.6 Å². The Morgan fingerprint density at radius 2 is 1.73 bits per heavy atom. The fourth-order valence-electron chi connectivity index (χ4n) is 4.02. The SMILES string of the molecule is COc1ccc(N2C(=O)/C(=C/c3ccc(N4CCCCC4)c(F)c3)C(=O)NC2=S)c(OC)c1. The number of carbonyl (C=O) groups is 2. The lowest BCUT2D eigenvalue weighted by Crippen LogP contribution is -2.54. The number of ether oxygens (including phenoxy) is 2. The minimum atomic E-state index is -0.644. The number of rotatable bonds is 5. The van der Waals surface area contributed by atoms with Crippen LogP contribution in [0.5, 0.6) is 11.5 Å². The van der Waals surface area contributed by atoms with E-state index in [0.29, 0.717) is 28.4 Å². The van der Waals surface area contributed by atoms with Gasteiger partial charge in [0, 0.05) is 19.2 Å². The molecule has 2 heterocycles. The summed E-state index contributed by atoms with van der Waals surface area (Å²) < 4.78 is 25.4. The Bertz CT molecular complexity index is 1140. The predicted octanol–water partition coefficient (Wildman–Crippen LogP) is 3.66. The molecule has 1 N–H and O–H groups in total. The van der Waals surface area contributed by atoms with Crippen molar-refractivity contribution in [2.75, 3.05) is 37.1 Å². The normalized spacial score (nSPS) is 17.9. The van der Waals surface area contributed by atoms with Crippen molar-refractivity contribution in [1.82, 2.24) is 5.32 Å². The number of amides is 2. The second kappa shape index (κ2) is 9.58. The van der Waals surface area contributed by atoms with Crippen LogP contribution in [0.15, 0.2) is 42.0 Å². The van der Waals surface area contributed by atoms with Crippen LogP contribution in [-0.4, -0.2) is 44.2 Å². The van der Waals surface area contributed by atoms with E-state index < -0.39 is 11.8 Å². The summed E-state index contributed by atoms with van der Waals surface area (Å²) in [6.07, 6.45) is 4.58. The minimum absolute atomic E-state index is 0.0720. The quantitative estimate of drug-likeness (QED) is 0.409. The molecule has 4 rings (SSSR count). The third-order valence-electron chi connectivity index (χ3n) is 5.71. The van der Waals surface area contributed by atoms with Crippen molar-refractivity contribution in [3.8, 4) is 11.5 Å². The van der Waals surface area contributed by atoms with Crippen LogP contribution in [0.3, 0.4) is 0 Å². The number of piperidine rings is 1. The van der Waals surface area contributed by atoms with E-state index in [9.17, 15) is 14.0 Å². The number of hydrogen-bond acceptors (Lipinski definition) is 6. The Labute approximate surface area is 196 Å². The average Bonchev–Trinajstić information content (AvgIpc) is 2.82. The topological polar surface area (TPSA) is 71.1 Å². The van der Waals surface area contributed by atoms with Crippen LogP contribution in [-0.2, 0) is 9.59 Å². The molecule has 0 spiro atoms. The maximum Gasteiger partial charge on any atom is 0.270 e. The van der Waals surface area contributed by atoms with Gasteiger partial charge in [-0.15, -0.1) is 0 Å². The molecule has 0 aromatic heterocycles. The zero-order valence-corrected chi connectivity index (χ0v) is 19.2. The van der Waals surface area contributed by atoms with E-state index >= 15 is 0 Å². The van der Waals surface area contributed by atoms with E-state index in [-0.39, 0.29) is 16.5 Å². The Balaban J connectivity index is 1.66. The number of hydrogen-bond donors (Lipinski definition) is 1. The fraction of sp³-hybridized carbons (Fsp3) is 0.292. The molecular weight excluding hydrogens is 445 g/mol. The predicted molar refractivity (Wildman–Crippen MR) is 128 cm³/mol. The first-order valence-corrected chi connectivity index (χ1v) is 11.0. The lowest BCUT2D eigenvalue weighted by Gasteiger charge is -2.30. The fourth-order valence-corrected chi connectivity index (χ4v) is 4.29. The molecule has 2 saturated heterocycles. The largest absolute Gasteiger partial charge is 0.497 e. The van der Waals surface area contributed by atoms with Crippen LogP contribution in [0.4, 0.5) is 15.8 Å². The molecule has 2 aromatic carbocycles. The number of thiocarbonyl (C=S) groups is 1. The number of nitrogens with zero attached hydrogens (tertiary/aromatic N) is 2. The molecule has 0 radical (unpaired) electrons. The summed E-state index contributed by atoms with van der Waals surface area (Å²) in [7, 11) is 2.97. The molecule has 2 amide bonds. The second-order valence-corrected chi connectivity index (χ2v) is 8.14. The molecule has 0 saturated carbocycles. The molecule has 0 bridgehead atoms. The lowest BCUT2D eigenvalue weighted by atomic mass is 10.0. The Morgan fingerprint density at radius 1 is 1.00 bits per heavy atom. The van der Waals surface area contributed by atoms with Crippen LogP contribution in [0.1, 0.15) is 24.8 Å². The Hall–Kier alpha value is -3.46. The van der Waals surface area contributed by atoms with Crippen molar-refractivity contribution >= 4 is 46.6 Å². The van der Waals surface area contributed by atoms with Crippen molar-refractivity contribution in [2.45, 2.75) is 19.3 Å². The Kier molecular flexibility index (Phi) is 6.60. The molecule has 2 aliphatic rings. The number of carbonyl (C=O) groups excluding carboxylic acids is 2. The van der Waals surface area contributed by atoms with E-state index in [0.717, 1.165) is 32.4 Å². The summed E-state index contributed by atoms with van der Waals surface area (Å²) >= 11 is 5.25. The van der Waals surface area contributed by atoms with Crippen molar-refractivity contribution in [3.05, 3.63) is 53.4 Å². The number of halogens is 1. The molecule has 0 aliphatic carbocycles. The van der Waals surface area contributed by atoms with E-state index in [4.69, 9.17) is 21.7 Å². The van der Waals surface area contributed by atoms with E-state index in [1.165, 1.54) is 31.3 Å². The van der Waals surface area contributed by atoms with Crippen LogP contribution in [0, 0.1) is 5.82 Å². The molecule has 2 fully saturated rings. The summed E-state index contributed by atoms with van der Waals surface area (Å²) in [5.74, 6) is -0.784. The highest BCUT2D eigenvalue weighted by atomic mass is 32.1. The standard InChI is InChI=1S/C24H24FN3O4S/c1-31-16-7-9-20(21(14-16)32-2)28-23(30)17(22(29)26-24(28)33)12-15-6-8-19(18(25)13-15)27-10-4-3-5-11-27/h6-9,12-14H,3-5,10-11H2,1-2H3,(H,26,29,33)/b17-12+. The van der Waals surface area contributed by atoms with Gasteiger partial charge in [-0.1, -0.05) is 6.07 Å². The molecule has 0 unspecified atom stereocenters. The van der Waals surface area contributed by atoms with Gasteiger partial charge in [-0.05, 0) is 67.4 Å². The van der Waals surface area contributed by atoms with E-state index in [2.05, 4.69) is 5.32 Å². The zero-order chi connectivity index (χ0) is 23.5. The van der Waals surface area contributed by atoms with E-state index in [1.807, 2.05) is 4.90 Å². The molecule has 7 nitrogen and oxygen atoms in total. The minimum Gasteiger partial charge on any atom is -0.497 e. The van der Waals surface area contributed by atoms with Gasteiger partial charge < -0.3 is 14.4 Å². The van der Waals surface area contributed by atoms with Gasteiger partial charge >= 0.3 is 0 Å². The summed E-state index contributed by atoms with van der Waals surface area (Å²) in [6, 6.07) is 9.60. The van der Waals surface area contributed by atoms with Crippen LogP contribution in [0.2, 0.25) is 0 Å². The monoisotopic (exact) mass is 469 g/mol. The van der Waals surface area contributed by atoms with Gasteiger partial charge in [0.25, 0.3) is 11.8 Å². The highest BCUT2D eigenvalue weighted by Gasteiger charge is 2.36. The second-order valence-electron chi connectivity index (χ2n) is 7.75. The number of nitrogens with one attached hydrogen (secondary N) is 1. The Morgan fingerprint density at radius 3 is 2.39 bits per heavy atom. The first-order chi connectivity index (χ1) is 15.9. The van der Waals surface area contributed by atoms with E-state index in [1.54, 1.807) is 30.3 Å². The van der Waals surface area contributed by atoms with Gasteiger partial charge in [0.15, 0.2) is 5.11 Å².